The first-order valence-corrected chi connectivity index (χ1v) is 8.92. The number of sulfonamides is 1. The highest BCUT2D eigenvalue weighted by atomic mass is 32.2. The monoisotopic (exact) mass is 335 g/mol. The van der Waals surface area contributed by atoms with Gasteiger partial charge in [0.05, 0.1) is 23.3 Å². The van der Waals surface area contributed by atoms with Crippen molar-refractivity contribution in [3.05, 3.63) is 48.5 Å². The molecule has 0 aliphatic rings. The van der Waals surface area contributed by atoms with Gasteiger partial charge in [0.2, 0.25) is 0 Å². The predicted molar refractivity (Wildman–Crippen MR) is 90.6 cm³/mol. The molecule has 5 nitrogen and oxygen atoms in total. The maximum absolute atomic E-state index is 12.5. The van der Waals surface area contributed by atoms with E-state index < -0.39 is 10.0 Å². The molecule has 0 saturated heterocycles. The van der Waals surface area contributed by atoms with Gasteiger partial charge in [0, 0.05) is 0 Å². The molecule has 1 N–H and O–H groups in total. The van der Waals surface area contributed by atoms with Crippen molar-refractivity contribution in [2.24, 2.45) is 0 Å². The van der Waals surface area contributed by atoms with Crippen LogP contribution in [0.15, 0.2) is 53.4 Å². The van der Waals surface area contributed by atoms with Crippen LogP contribution in [-0.4, -0.2) is 21.1 Å². The zero-order valence-electron chi connectivity index (χ0n) is 13.4. The molecule has 124 valence electrons. The first-order valence-electron chi connectivity index (χ1n) is 7.43. The van der Waals surface area contributed by atoms with Gasteiger partial charge in [0.1, 0.15) is 11.5 Å². The lowest BCUT2D eigenvalue weighted by Crippen LogP contribution is -2.14. The summed E-state index contributed by atoms with van der Waals surface area (Å²) in [6.45, 7) is 6.13. The van der Waals surface area contributed by atoms with Gasteiger partial charge < -0.3 is 9.47 Å². The van der Waals surface area contributed by atoms with Crippen LogP contribution in [0.2, 0.25) is 0 Å². The van der Waals surface area contributed by atoms with Crippen LogP contribution >= 0.6 is 0 Å². The third-order valence-electron chi connectivity index (χ3n) is 2.94. The van der Waals surface area contributed by atoms with Crippen LogP contribution in [0.3, 0.4) is 0 Å². The molecule has 0 unspecified atom stereocenters. The first kappa shape index (κ1) is 17.1. The molecule has 0 amide bonds. The molecule has 0 heterocycles. The molecular formula is C17H21NO4S. The van der Waals surface area contributed by atoms with Crippen molar-refractivity contribution in [2.45, 2.75) is 31.8 Å². The number of anilines is 1. The Morgan fingerprint density at radius 3 is 2.30 bits per heavy atom. The van der Waals surface area contributed by atoms with Crippen LogP contribution in [0.25, 0.3) is 0 Å². The van der Waals surface area contributed by atoms with E-state index in [9.17, 15) is 8.42 Å². The smallest absolute Gasteiger partial charge is 0.262 e. The average Bonchev–Trinajstić information content (AvgIpc) is 2.49. The number of para-hydroxylation sites is 2. The lowest BCUT2D eigenvalue weighted by molar-refractivity contribution is 0.242. The zero-order valence-corrected chi connectivity index (χ0v) is 14.3. The zero-order chi connectivity index (χ0) is 16.9. The van der Waals surface area contributed by atoms with Gasteiger partial charge in [-0.3, -0.25) is 4.72 Å². The van der Waals surface area contributed by atoms with Crippen molar-refractivity contribution in [3.63, 3.8) is 0 Å². The lowest BCUT2D eigenvalue weighted by Gasteiger charge is -2.13. The van der Waals surface area contributed by atoms with Crippen LogP contribution in [-0.2, 0) is 10.0 Å². The third-order valence-corrected chi connectivity index (χ3v) is 4.32. The van der Waals surface area contributed by atoms with Gasteiger partial charge in [-0.1, -0.05) is 12.1 Å². The van der Waals surface area contributed by atoms with Crippen molar-refractivity contribution in [2.75, 3.05) is 11.3 Å². The molecule has 0 fully saturated rings. The molecule has 0 atom stereocenters. The molecule has 2 aromatic rings. The molecule has 0 radical (unpaired) electrons. The van der Waals surface area contributed by atoms with E-state index in [-0.39, 0.29) is 11.0 Å². The molecule has 0 saturated carbocycles. The summed E-state index contributed by atoms with van der Waals surface area (Å²) in [6, 6.07) is 13.2. The summed E-state index contributed by atoms with van der Waals surface area (Å²) < 4.78 is 38.5. The van der Waals surface area contributed by atoms with Gasteiger partial charge in [-0.2, -0.15) is 0 Å². The number of hydrogen-bond acceptors (Lipinski definition) is 4. The third kappa shape index (κ3) is 4.63. The van der Waals surface area contributed by atoms with E-state index in [2.05, 4.69) is 4.72 Å². The van der Waals surface area contributed by atoms with Gasteiger partial charge in [0.15, 0.2) is 0 Å². The molecule has 0 aliphatic carbocycles. The molecule has 2 aromatic carbocycles. The lowest BCUT2D eigenvalue weighted by atomic mass is 10.3. The van der Waals surface area contributed by atoms with Crippen LogP contribution in [0.5, 0.6) is 11.5 Å². The molecule has 0 bridgehead atoms. The molecule has 2 rings (SSSR count). The van der Waals surface area contributed by atoms with Crippen LogP contribution in [0.4, 0.5) is 5.69 Å². The number of nitrogens with one attached hydrogen (secondary N) is 1. The van der Waals surface area contributed by atoms with Gasteiger partial charge in [-0.15, -0.1) is 0 Å². The molecule has 0 aliphatic heterocycles. The van der Waals surface area contributed by atoms with Crippen molar-refractivity contribution in [3.8, 4) is 11.5 Å². The summed E-state index contributed by atoms with van der Waals surface area (Å²) in [7, 11) is -3.68. The van der Waals surface area contributed by atoms with E-state index in [0.717, 1.165) is 0 Å². The maximum atomic E-state index is 12.5. The van der Waals surface area contributed by atoms with E-state index in [1.807, 2.05) is 20.8 Å². The summed E-state index contributed by atoms with van der Waals surface area (Å²) in [5, 5.41) is 0. The molecule has 23 heavy (non-hydrogen) atoms. The molecule has 0 aromatic heterocycles. The van der Waals surface area contributed by atoms with Crippen molar-refractivity contribution in [1.82, 2.24) is 0 Å². The van der Waals surface area contributed by atoms with Gasteiger partial charge in [-0.05, 0) is 57.2 Å². The Balaban J connectivity index is 2.22. The molecule has 0 spiro atoms. The fourth-order valence-corrected chi connectivity index (χ4v) is 3.08. The Morgan fingerprint density at radius 2 is 1.70 bits per heavy atom. The normalized spacial score (nSPS) is 11.3. The van der Waals surface area contributed by atoms with Crippen LogP contribution < -0.4 is 14.2 Å². The van der Waals surface area contributed by atoms with Gasteiger partial charge in [-0.25, -0.2) is 8.42 Å². The Hall–Kier alpha value is -2.21. The van der Waals surface area contributed by atoms with Crippen LogP contribution in [0.1, 0.15) is 20.8 Å². The van der Waals surface area contributed by atoms with E-state index in [1.54, 1.807) is 36.4 Å². The quantitative estimate of drug-likeness (QED) is 0.838. The fourth-order valence-electron chi connectivity index (χ4n) is 2.01. The summed E-state index contributed by atoms with van der Waals surface area (Å²) in [6.07, 6.45) is 0.0358. The Labute approximate surface area is 137 Å². The van der Waals surface area contributed by atoms with Crippen molar-refractivity contribution in [1.29, 1.82) is 0 Å². The topological polar surface area (TPSA) is 64.6 Å². The van der Waals surface area contributed by atoms with E-state index >= 15 is 0 Å². The summed E-state index contributed by atoms with van der Waals surface area (Å²) in [5.74, 6) is 1.13. The minimum atomic E-state index is -3.68. The largest absolute Gasteiger partial charge is 0.492 e. The highest BCUT2D eigenvalue weighted by Gasteiger charge is 2.16. The number of benzene rings is 2. The Bertz CT molecular complexity index is 739. The number of rotatable bonds is 7. The molecular weight excluding hydrogens is 314 g/mol. The van der Waals surface area contributed by atoms with Gasteiger partial charge >= 0.3 is 0 Å². The maximum Gasteiger partial charge on any atom is 0.262 e. The molecule has 6 heteroatoms. The number of ether oxygens (including phenoxy) is 2. The van der Waals surface area contributed by atoms with Crippen molar-refractivity contribution >= 4 is 15.7 Å². The SMILES string of the molecule is CCOc1ccccc1NS(=O)(=O)c1ccc(OC(C)C)cc1. The second-order valence-corrected chi connectivity index (χ2v) is 6.86. The summed E-state index contributed by atoms with van der Waals surface area (Å²) >= 11 is 0. The van der Waals surface area contributed by atoms with Crippen molar-refractivity contribution < 1.29 is 17.9 Å². The Kier molecular flexibility index (Phi) is 5.50. The summed E-state index contributed by atoms with van der Waals surface area (Å²) in [4.78, 5) is 0.167. The summed E-state index contributed by atoms with van der Waals surface area (Å²) in [5.41, 5.74) is 0.414. The minimum absolute atomic E-state index is 0.0358. The minimum Gasteiger partial charge on any atom is -0.492 e. The van der Waals surface area contributed by atoms with Crippen LogP contribution in [0, 0.1) is 0 Å². The van der Waals surface area contributed by atoms with E-state index in [1.165, 1.54) is 12.1 Å². The second-order valence-electron chi connectivity index (χ2n) is 5.17. The first-order chi connectivity index (χ1) is 10.9. The Morgan fingerprint density at radius 1 is 1.04 bits per heavy atom. The highest BCUT2D eigenvalue weighted by molar-refractivity contribution is 7.92. The van der Waals surface area contributed by atoms with Gasteiger partial charge in [0.25, 0.3) is 10.0 Å². The fraction of sp³-hybridized carbons (Fsp3) is 0.294. The highest BCUT2D eigenvalue weighted by Crippen LogP contribution is 2.27. The second kappa shape index (κ2) is 7.37. The number of hydrogen-bond donors (Lipinski definition) is 1. The average molecular weight is 335 g/mol. The van der Waals surface area contributed by atoms with E-state index in [4.69, 9.17) is 9.47 Å². The predicted octanol–water partition coefficient (Wildman–Crippen LogP) is 3.67. The standard InChI is InChI=1S/C17H21NO4S/c1-4-21-17-8-6-5-7-16(17)18-23(19,20)15-11-9-14(10-12-15)22-13(2)3/h5-13,18H,4H2,1-3H3. The van der Waals surface area contributed by atoms with E-state index in [0.29, 0.717) is 23.8 Å².